The van der Waals surface area contributed by atoms with Crippen molar-refractivity contribution in [3.8, 4) is 0 Å². The highest BCUT2D eigenvalue weighted by atomic mass is 15.1. The van der Waals surface area contributed by atoms with Crippen LogP contribution in [0.25, 0.3) is 0 Å². The average molecular weight is 255 g/mol. The van der Waals surface area contributed by atoms with Gasteiger partial charge in [-0.15, -0.1) is 0 Å². The van der Waals surface area contributed by atoms with E-state index in [1.165, 1.54) is 5.56 Å². The molecule has 19 heavy (non-hydrogen) atoms. The van der Waals surface area contributed by atoms with E-state index >= 15 is 0 Å². The molecule has 1 N–H and O–H groups in total. The average Bonchev–Trinajstić information content (AvgIpc) is 2.40. The van der Waals surface area contributed by atoms with Gasteiger partial charge in [-0.25, -0.2) is 0 Å². The van der Waals surface area contributed by atoms with Crippen molar-refractivity contribution in [1.82, 2.24) is 9.88 Å². The lowest BCUT2D eigenvalue weighted by atomic mass is 10.2. The summed E-state index contributed by atoms with van der Waals surface area (Å²) in [5, 5.41) is 3.31. The lowest BCUT2D eigenvalue weighted by Crippen LogP contribution is -2.18. The molecule has 0 fully saturated rings. The molecule has 0 aliphatic rings. The van der Waals surface area contributed by atoms with Gasteiger partial charge >= 0.3 is 0 Å². The van der Waals surface area contributed by atoms with Gasteiger partial charge in [0.1, 0.15) is 0 Å². The number of pyridine rings is 1. The Morgan fingerprint density at radius 1 is 1.11 bits per heavy atom. The molecule has 0 saturated heterocycles. The van der Waals surface area contributed by atoms with Crippen molar-refractivity contribution >= 4 is 5.69 Å². The van der Waals surface area contributed by atoms with Gasteiger partial charge in [0.15, 0.2) is 0 Å². The van der Waals surface area contributed by atoms with Crippen LogP contribution < -0.4 is 5.32 Å². The minimum absolute atomic E-state index is 0.855. The van der Waals surface area contributed by atoms with Gasteiger partial charge < -0.3 is 5.32 Å². The topological polar surface area (TPSA) is 28.2 Å². The van der Waals surface area contributed by atoms with Crippen LogP contribution in [0.2, 0.25) is 0 Å². The number of benzene rings is 1. The Bertz CT molecular complexity index is 496. The summed E-state index contributed by atoms with van der Waals surface area (Å²) in [6.45, 7) is 4.83. The molecule has 0 spiro atoms. The van der Waals surface area contributed by atoms with Crippen molar-refractivity contribution in [2.45, 2.75) is 20.0 Å². The number of rotatable bonds is 6. The second kappa shape index (κ2) is 6.90. The standard InChI is InChI=1S/C16H21N3/c1-3-17-15-9-10-18-16(11-15)13-19(2)12-14-7-5-4-6-8-14/h4-11H,3,12-13H2,1-2H3,(H,17,18). The fourth-order valence-corrected chi connectivity index (χ4v) is 2.11. The predicted molar refractivity (Wildman–Crippen MR) is 80.0 cm³/mol. The summed E-state index contributed by atoms with van der Waals surface area (Å²) in [6, 6.07) is 14.6. The Labute approximate surface area is 115 Å². The zero-order chi connectivity index (χ0) is 13.5. The molecule has 3 nitrogen and oxygen atoms in total. The van der Waals surface area contributed by atoms with Crippen LogP contribution >= 0.6 is 0 Å². The Balaban J connectivity index is 1.95. The third-order valence-electron chi connectivity index (χ3n) is 2.92. The van der Waals surface area contributed by atoms with E-state index in [1.54, 1.807) is 0 Å². The molecule has 2 rings (SSSR count). The Morgan fingerprint density at radius 3 is 2.63 bits per heavy atom. The molecule has 100 valence electrons. The summed E-state index contributed by atoms with van der Waals surface area (Å²) in [7, 11) is 2.12. The summed E-state index contributed by atoms with van der Waals surface area (Å²) in [5.41, 5.74) is 3.56. The SMILES string of the molecule is CCNc1ccnc(CN(C)Cc2ccccc2)c1. The zero-order valence-electron chi connectivity index (χ0n) is 11.6. The number of nitrogens with zero attached hydrogens (tertiary/aromatic N) is 2. The van der Waals surface area contributed by atoms with Crippen LogP contribution in [0.15, 0.2) is 48.7 Å². The molecule has 1 aromatic heterocycles. The number of aromatic nitrogens is 1. The summed E-state index contributed by atoms with van der Waals surface area (Å²) >= 11 is 0. The molecular weight excluding hydrogens is 234 g/mol. The van der Waals surface area contributed by atoms with Crippen molar-refractivity contribution in [2.24, 2.45) is 0 Å². The Hall–Kier alpha value is -1.87. The molecule has 1 heterocycles. The van der Waals surface area contributed by atoms with Crippen molar-refractivity contribution in [2.75, 3.05) is 18.9 Å². The number of hydrogen-bond donors (Lipinski definition) is 1. The van der Waals surface area contributed by atoms with E-state index in [4.69, 9.17) is 0 Å². The van der Waals surface area contributed by atoms with Gasteiger partial charge in [0.25, 0.3) is 0 Å². The number of anilines is 1. The van der Waals surface area contributed by atoms with Crippen molar-refractivity contribution in [1.29, 1.82) is 0 Å². The predicted octanol–water partition coefficient (Wildman–Crippen LogP) is 3.15. The van der Waals surface area contributed by atoms with E-state index in [0.717, 1.165) is 31.0 Å². The van der Waals surface area contributed by atoms with E-state index < -0.39 is 0 Å². The van der Waals surface area contributed by atoms with Gasteiger partial charge in [0, 0.05) is 31.5 Å². The highest BCUT2D eigenvalue weighted by Gasteiger charge is 2.03. The minimum Gasteiger partial charge on any atom is -0.385 e. The van der Waals surface area contributed by atoms with Crippen molar-refractivity contribution in [3.63, 3.8) is 0 Å². The van der Waals surface area contributed by atoms with Crippen LogP contribution in [-0.2, 0) is 13.1 Å². The van der Waals surface area contributed by atoms with Gasteiger partial charge in [0.2, 0.25) is 0 Å². The molecule has 1 aromatic carbocycles. The second-order valence-corrected chi connectivity index (χ2v) is 4.72. The maximum absolute atomic E-state index is 4.42. The van der Waals surface area contributed by atoms with Crippen LogP contribution in [-0.4, -0.2) is 23.5 Å². The quantitative estimate of drug-likeness (QED) is 0.859. The maximum atomic E-state index is 4.42. The van der Waals surface area contributed by atoms with Gasteiger partial charge in [-0.2, -0.15) is 0 Å². The first kappa shape index (κ1) is 13.6. The summed E-state index contributed by atoms with van der Waals surface area (Å²) in [4.78, 5) is 6.69. The highest BCUT2D eigenvalue weighted by molar-refractivity contribution is 5.42. The molecule has 3 heteroatoms. The van der Waals surface area contributed by atoms with E-state index in [-0.39, 0.29) is 0 Å². The minimum atomic E-state index is 0.855. The maximum Gasteiger partial charge on any atom is 0.0564 e. The van der Waals surface area contributed by atoms with Crippen LogP contribution in [0, 0.1) is 0 Å². The Morgan fingerprint density at radius 2 is 1.89 bits per heavy atom. The van der Waals surface area contributed by atoms with Gasteiger partial charge in [-0.1, -0.05) is 30.3 Å². The third-order valence-corrected chi connectivity index (χ3v) is 2.92. The van der Waals surface area contributed by atoms with E-state index in [0.29, 0.717) is 0 Å². The van der Waals surface area contributed by atoms with Gasteiger partial charge in [0.05, 0.1) is 5.69 Å². The monoisotopic (exact) mass is 255 g/mol. The number of nitrogens with one attached hydrogen (secondary N) is 1. The van der Waals surface area contributed by atoms with Crippen LogP contribution in [0.4, 0.5) is 5.69 Å². The molecule has 0 radical (unpaired) electrons. The molecular formula is C16H21N3. The van der Waals surface area contributed by atoms with Crippen LogP contribution in [0.1, 0.15) is 18.2 Å². The summed E-state index contributed by atoms with van der Waals surface area (Å²) < 4.78 is 0. The molecule has 0 saturated carbocycles. The van der Waals surface area contributed by atoms with Crippen molar-refractivity contribution < 1.29 is 0 Å². The van der Waals surface area contributed by atoms with Crippen molar-refractivity contribution in [3.05, 3.63) is 59.9 Å². The highest BCUT2D eigenvalue weighted by Crippen LogP contribution is 2.11. The molecule has 0 amide bonds. The van der Waals surface area contributed by atoms with Gasteiger partial charge in [-0.3, -0.25) is 9.88 Å². The molecule has 0 unspecified atom stereocenters. The first-order valence-corrected chi connectivity index (χ1v) is 6.69. The smallest absolute Gasteiger partial charge is 0.0564 e. The third kappa shape index (κ3) is 4.38. The van der Waals surface area contributed by atoms with E-state index in [2.05, 4.69) is 59.5 Å². The normalized spacial score (nSPS) is 10.7. The fraction of sp³-hybridized carbons (Fsp3) is 0.312. The second-order valence-electron chi connectivity index (χ2n) is 4.72. The van der Waals surface area contributed by atoms with Crippen LogP contribution in [0.3, 0.4) is 0 Å². The lowest BCUT2D eigenvalue weighted by Gasteiger charge is -2.16. The summed E-state index contributed by atoms with van der Waals surface area (Å²) in [5.74, 6) is 0. The zero-order valence-corrected chi connectivity index (χ0v) is 11.6. The molecule has 0 aliphatic carbocycles. The van der Waals surface area contributed by atoms with E-state index in [1.807, 2.05) is 18.3 Å². The first-order valence-electron chi connectivity index (χ1n) is 6.69. The molecule has 2 aromatic rings. The Kier molecular flexibility index (Phi) is 4.93. The molecule has 0 bridgehead atoms. The first-order chi connectivity index (χ1) is 9.28. The molecule has 0 aliphatic heterocycles. The van der Waals surface area contributed by atoms with Crippen LogP contribution in [0.5, 0.6) is 0 Å². The molecule has 0 atom stereocenters. The summed E-state index contributed by atoms with van der Waals surface area (Å²) in [6.07, 6.45) is 1.86. The largest absolute Gasteiger partial charge is 0.385 e. The lowest BCUT2D eigenvalue weighted by molar-refractivity contribution is 0.315. The van der Waals surface area contributed by atoms with Gasteiger partial charge in [-0.05, 0) is 31.7 Å². The number of hydrogen-bond acceptors (Lipinski definition) is 3. The fourth-order valence-electron chi connectivity index (χ4n) is 2.11. The van der Waals surface area contributed by atoms with E-state index in [9.17, 15) is 0 Å².